The molecule has 0 amide bonds. The molecular weight excluding hydrogens is 544 g/mol. The van der Waals surface area contributed by atoms with Crippen molar-refractivity contribution in [3.8, 4) is 5.69 Å². The summed E-state index contributed by atoms with van der Waals surface area (Å²) < 4.78 is 2.98. The van der Waals surface area contributed by atoms with Crippen molar-refractivity contribution in [2.75, 3.05) is 10.2 Å². The highest BCUT2D eigenvalue weighted by Crippen LogP contribution is 2.49. The summed E-state index contributed by atoms with van der Waals surface area (Å²) >= 11 is 5.27. The predicted molar refractivity (Wildman–Crippen MR) is 155 cm³/mol. The average molecular weight is 566 g/mol. The molecular formula is C29H21BrN6S. The maximum atomic E-state index is 5.26. The maximum Gasteiger partial charge on any atom is 0.179 e. The van der Waals surface area contributed by atoms with Crippen molar-refractivity contribution in [2.45, 2.75) is 13.0 Å². The van der Waals surface area contributed by atoms with E-state index in [0.717, 1.165) is 50.1 Å². The molecule has 0 saturated heterocycles. The molecule has 0 radical (unpaired) electrons. The Morgan fingerprint density at radius 3 is 2.43 bits per heavy atom. The molecule has 0 aliphatic carbocycles. The van der Waals surface area contributed by atoms with Crippen molar-refractivity contribution < 1.29 is 0 Å². The number of aromatic nitrogens is 2. The van der Waals surface area contributed by atoms with E-state index in [0.29, 0.717) is 5.84 Å². The molecule has 4 heterocycles. The molecule has 2 aliphatic rings. The molecule has 0 unspecified atom stereocenters. The van der Waals surface area contributed by atoms with Gasteiger partial charge in [-0.1, -0.05) is 52.3 Å². The first-order chi connectivity index (χ1) is 18.2. The van der Waals surface area contributed by atoms with Crippen LogP contribution in [0.1, 0.15) is 22.2 Å². The number of nitrogens with zero attached hydrogens (tertiary/aromatic N) is 5. The van der Waals surface area contributed by atoms with Gasteiger partial charge >= 0.3 is 0 Å². The third kappa shape index (κ3) is 3.72. The molecule has 3 aromatic carbocycles. The first kappa shape index (κ1) is 22.2. The Bertz CT molecular complexity index is 1670. The summed E-state index contributed by atoms with van der Waals surface area (Å²) in [7, 11) is 0. The van der Waals surface area contributed by atoms with Crippen molar-refractivity contribution >= 4 is 61.8 Å². The van der Waals surface area contributed by atoms with Crippen LogP contribution in [-0.4, -0.2) is 21.5 Å². The van der Waals surface area contributed by atoms with E-state index in [1.54, 1.807) is 11.3 Å². The third-order valence-corrected chi connectivity index (χ3v) is 8.01. The molecule has 0 bridgehead atoms. The minimum Gasteiger partial charge on any atom is -0.337 e. The van der Waals surface area contributed by atoms with Crippen molar-refractivity contribution in [3.63, 3.8) is 0 Å². The zero-order valence-electron chi connectivity index (χ0n) is 19.8. The number of benzene rings is 3. The van der Waals surface area contributed by atoms with E-state index in [-0.39, 0.29) is 6.04 Å². The summed E-state index contributed by atoms with van der Waals surface area (Å²) in [6, 6.07) is 30.7. The van der Waals surface area contributed by atoms with Crippen molar-refractivity contribution in [1.29, 1.82) is 0 Å². The van der Waals surface area contributed by atoms with Crippen molar-refractivity contribution in [3.05, 3.63) is 117 Å². The second-order valence-corrected chi connectivity index (χ2v) is 10.8. The van der Waals surface area contributed by atoms with E-state index in [9.17, 15) is 0 Å². The third-order valence-electron chi connectivity index (χ3n) is 6.56. The topological polar surface area (TPSA) is 57.8 Å². The lowest BCUT2D eigenvalue weighted by atomic mass is 9.98. The van der Waals surface area contributed by atoms with Gasteiger partial charge in [0.2, 0.25) is 0 Å². The summed E-state index contributed by atoms with van der Waals surface area (Å²) in [6.07, 6.45) is 0. The Hall–Kier alpha value is -4.01. The summed E-state index contributed by atoms with van der Waals surface area (Å²) in [5, 5.41) is 10.6. The van der Waals surface area contributed by atoms with Crippen LogP contribution >= 0.6 is 27.3 Å². The maximum absolute atomic E-state index is 5.26. The lowest BCUT2D eigenvalue weighted by molar-refractivity contribution is 0.830. The lowest BCUT2D eigenvalue weighted by Crippen LogP contribution is -2.46. The molecule has 1 N–H and O–H groups in total. The number of hydrogen-bond donors (Lipinski definition) is 1. The Balaban J connectivity index is 1.49. The van der Waals surface area contributed by atoms with E-state index in [1.807, 2.05) is 53.2 Å². The number of rotatable bonds is 3. The van der Waals surface area contributed by atoms with Gasteiger partial charge in [-0.3, -0.25) is 0 Å². The van der Waals surface area contributed by atoms with Crippen LogP contribution in [0.3, 0.4) is 0 Å². The van der Waals surface area contributed by atoms with Crippen LogP contribution in [0.15, 0.2) is 111 Å². The number of aryl methyl sites for hydroxylation is 1. The van der Waals surface area contributed by atoms with Gasteiger partial charge in [0.1, 0.15) is 6.04 Å². The number of hydrogen-bond acceptors (Lipinski definition) is 6. The SMILES string of the molecule is Cc1nn(-c2ccccc2)c2c1[C@H](c1cccs1)N1C(=N2)C(Nc2ccc(Br)cc2)=Nc2ccccc21. The number of nitrogens with one attached hydrogen (secondary N) is 1. The van der Waals surface area contributed by atoms with Gasteiger partial charge in [0, 0.05) is 20.6 Å². The molecule has 6 nitrogen and oxygen atoms in total. The van der Waals surface area contributed by atoms with Crippen molar-refractivity contribution in [2.24, 2.45) is 9.98 Å². The predicted octanol–water partition coefficient (Wildman–Crippen LogP) is 7.80. The standard InChI is InChI=1S/C29H21BrN6S/c1-18-25-26(24-12-7-17-37-24)35-23-11-6-5-10-22(23)32-27(31-20-15-13-19(30)14-16-20)29(35)33-28(25)36(34-18)21-8-3-2-4-9-21/h2-17,26H,1H3,(H,31,32)/t26-/m0/s1. The zero-order chi connectivity index (χ0) is 24.9. The summed E-state index contributed by atoms with van der Waals surface area (Å²) in [5.41, 5.74) is 5.91. The first-order valence-corrected chi connectivity index (χ1v) is 13.6. The molecule has 0 fully saturated rings. The van der Waals surface area contributed by atoms with Crippen LogP contribution in [0.5, 0.6) is 0 Å². The van der Waals surface area contributed by atoms with E-state index < -0.39 is 0 Å². The summed E-state index contributed by atoms with van der Waals surface area (Å²) in [5.74, 6) is 2.30. The quantitative estimate of drug-likeness (QED) is 0.243. The molecule has 7 rings (SSSR count). The van der Waals surface area contributed by atoms with E-state index in [1.165, 1.54) is 4.88 Å². The van der Waals surface area contributed by atoms with Crippen LogP contribution in [0.4, 0.5) is 22.9 Å². The minimum atomic E-state index is -0.0849. The number of halogens is 1. The monoisotopic (exact) mass is 564 g/mol. The molecule has 8 heteroatoms. The van der Waals surface area contributed by atoms with Crippen molar-refractivity contribution in [1.82, 2.24) is 9.78 Å². The van der Waals surface area contributed by atoms with Crippen LogP contribution in [0, 0.1) is 6.92 Å². The van der Waals surface area contributed by atoms with Gasteiger partial charge in [0.25, 0.3) is 0 Å². The lowest BCUT2D eigenvalue weighted by Gasteiger charge is -2.40. The molecule has 37 heavy (non-hydrogen) atoms. The molecule has 0 spiro atoms. The number of thiophene rings is 1. The number of amidine groups is 2. The van der Waals surface area contributed by atoms with Gasteiger partial charge < -0.3 is 10.2 Å². The second-order valence-electron chi connectivity index (χ2n) is 8.87. The molecule has 2 aromatic heterocycles. The molecule has 180 valence electrons. The highest BCUT2D eigenvalue weighted by molar-refractivity contribution is 9.10. The smallest absolute Gasteiger partial charge is 0.179 e. The van der Waals surface area contributed by atoms with E-state index >= 15 is 0 Å². The fourth-order valence-electron chi connectivity index (χ4n) is 4.93. The molecule has 1 atom stereocenters. The number of anilines is 2. The van der Waals surface area contributed by atoms with Crippen LogP contribution in [-0.2, 0) is 0 Å². The highest BCUT2D eigenvalue weighted by atomic mass is 79.9. The zero-order valence-corrected chi connectivity index (χ0v) is 22.2. The Morgan fingerprint density at radius 1 is 0.865 bits per heavy atom. The average Bonchev–Trinajstić information content (AvgIpc) is 3.58. The van der Waals surface area contributed by atoms with Gasteiger partial charge in [-0.25, -0.2) is 14.7 Å². The Morgan fingerprint density at radius 2 is 1.65 bits per heavy atom. The van der Waals surface area contributed by atoms with Gasteiger partial charge in [0.15, 0.2) is 17.5 Å². The van der Waals surface area contributed by atoms with Crippen LogP contribution in [0.2, 0.25) is 0 Å². The van der Waals surface area contributed by atoms with Gasteiger partial charge in [-0.15, -0.1) is 11.3 Å². The highest BCUT2D eigenvalue weighted by Gasteiger charge is 2.41. The fraction of sp³-hybridized carbons (Fsp3) is 0.0690. The number of para-hydroxylation sites is 3. The Labute approximate surface area is 226 Å². The van der Waals surface area contributed by atoms with Gasteiger partial charge in [-0.2, -0.15) is 5.10 Å². The molecule has 5 aromatic rings. The van der Waals surface area contributed by atoms with Crippen LogP contribution < -0.4 is 10.2 Å². The summed E-state index contributed by atoms with van der Waals surface area (Å²) in [4.78, 5) is 13.8. The minimum absolute atomic E-state index is 0.0849. The number of fused-ring (bicyclic) bond motifs is 4. The van der Waals surface area contributed by atoms with E-state index in [4.69, 9.17) is 15.1 Å². The summed E-state index contributed by atoms with van der Waals surface area (Å²) in [6.45, 7) is 2.07. The Kier molecular flexibility index (Phi) is 5.30. The van der Waals surface area contributed by atoms with Gasteiger partial charge in [-0.05, 0) is 66.9 Å². The largest absolute Gasteiger partial charge is 0.337 e. The molecule has 0 saturated carbocycles. The van der Waals surface area contributed by atoms with E-state index in [2.05, 4.69) is 80.9 Å². The first-order valence-electron chi connectivity index (χ1n) is 11.9. The van der Waals surface area contributed by atoms with Gasteiger partial charge in [0.05, 0.1) is 22.8 Å². The normalized spacial score (nSPS) is 15.8. The number of aliphatic imine (C=N–C) groups is 2. The fourth-order valence-corrected chi connectivity index (χ4v) is 6.02. The second kappa shape index (κ2) is 8.83. The van der Waals surface area contributed by atoms with Crippen LogP contribution in [0.25, 0.3) is 5.69 Å². The molecule has 2 aliphatic heterocycles.